The molecule has 0 aliphatic heterocycles. The number of unbranched alkanes of at least 4 members (excludes halogenated alkanes) is 3. The Hall–Kier alpha value is -0.440. The summed E-state index contributed by atoms with van der Waals surface area (Å²) in [5.74, 6) is 0.772. The van der Waals surface area contributed by atoms with Gasteiger partial charge in [0.25, 0.3) is 0 Å². The largest absolute Gasteiger partial charge is 0.494 e. The molecule has 0 spiro atoms. The van der Waals surface area contributed by atoms with E-state index < -0.39 is 0 Å². The van der Waals surface area contributed by atoms with Crippen LogP contribution in [-0.2, 0) is 0 Å². The third-order valence-electron chi connectivity index (χ3n) is 2.26. The fourth-order valence-electron chi connectivity index (χ4n) is 1.36. The summed E-state index contributed by atoms with van der Waals surface area (Å²) in [6.45, 7) is 1.48. The summed E-state index contributed by atoms with van der Waals surface area (Å²) in [6, 6.07) is 5.31. The SMILES string of the molecule is NCCCCCCOc1ccc(Cl)c(Cl)c1. The van der Waals surface area contributed by atoms with Crippen LogP contribution in [0.4, 0.5) is 0 Å². The molecular formula is C12H17Cl2NO. The lowest BCUT2D eigenvalue weighted by Gasteiger charge is -2.06. The van der Waals surface area contributed by atoms with E-state index in [1.807, 2.05) is 6.07 Å². The molecule has 0 saturated carbocycles. The summed E-state index contributed by atoms with van der Waals surface area (Å²) >= 11 is 11.7. The van der Waals surface area contributed by atoms with Crippen LogP contribution >= 0.6 is 23.2 Å². The lowest BCUT2D eigenvalue weighted by atomic mass is 10.2. The molecule has 0 heterocycles. The molecule has 0 fully saturated rings. The number of rotatable bonds is 7. The smallest absolute Gasteiger partial charge is 0.120 e. The highest BCUT2D eigenvalue weighted by atomic mass is 35.5. The molecule has 0 atom stereocenters. The lowest BCUT2D eigenvalue weighted by Crippen LogP contribution is -2.00. The van der Waals surface area contributed by atoms with Gasteiger partial charge < -0.3 is 10.5 Å². The van der Waals surface area contributed by atoms with E-state index in [9.17, 15) is 0 Å². The molecule has 1 rings (SSSR count). The maximum atomic E-state index is 5.87. The van der Waals surface area contributed by atoms with Gasteiger partial charge in [0.05, 0.1) is 16.7 Å². The van der Waals surface area contributed by atoms with Crippen LogP contribution in [-0.4, -0.2) is 13.2 Å². The minimum absolute atomic E-state index is 0.530. The van der Waals surface area contributed by atoms with Crippen molar-refractivity contribution in [2.45, 2.75) is 25.7 Å². The zero-order chi connectivity index (χ0) is 11.8. The summed E-state index contributed by atoms with van der Waals surface area (Å²) < 4.78 is 5.55. The third-order valence-corrected chi connectivity index (χ3v) is 3.00. The first-order valence-electron chi connectivity index (χ1n) is 5.52. The van der Waals surface area contributed by atoms with Crippen molar-refractivity contribution < 1.29 is 4.74 Å². The topological polar surface area (TPSA) is 35.2 Å². The van der Waals surface area contributed by atoms with Crippen molar-refractivity contribution in [1.29, 1.82) is 0 Å². The van der Waals surface area contributed by atoms with Crippen molar-refractivity contribution in [3.05, 3.63) is 28.2 Å². The number of benzene rings is 1. The Morgan fingerprint density at radius 3 is 2.44 bits per heavy atom. The van der Waals surface area contributed by atoms with E-state index in [0.717, 1.165) is 31.6 Å². The Kier molecular flexibility index (Phi) is 6.62. The molecule has 0 aliphatic carbocycles. The first kappa shape index (κ1) is 13.6. The highest BCUT2D eigenvalue weighted by Crippen LogP contribution is 2.26. The van der Waals surface area contributed by atoms with Crippen molar-refractivity contribution in [1.82, 2.24) is 0 Å². The van der Waals surface area contributed by atoms with Crippen LogP contribution in [0.15, 0.2) is 18.2 Å². The average molecular weight is 262 g/mol. The number of nitrogens with two attached hydrogens (primary N) is 1. The molecule has 1 aromatic rings. The fourth-order valence-corrected chi connectivity index (χ4v) is 1.64. The van der Waals surface area contributed by atoms with Crippen LogP contribution in [0.3, 0.4) is 0 Å². The molecule has 90 valence electrons. The van der Waals surface area contributed by atoms with Crippen LogP contribution in [0.25, 0.3) is 0 Å². The van der Waals surface area contributed by atoms with Gasteiger partial charge in [0.1, 0.15) is 5.75 Å². The van der Waals surface area contributed by atoms with E-state index in [2.05, 4.69) is 0 Å². The Balaban J connectivity index is 2.19. The van der Waals surface area contributed by atoms with Gasteiger partial charge >= 0.3 is 0 Å². The van der Waals surface area contributed by atoms with Crippen LogP contribution in [0.5, 0.6) is 5.75 Å². The molecule has 1 aromatic carbocycles. The molecule has 4 heteroatoms. The molecule has 0 saturated heterocycles. The molecule has 2 nitrogen and oxygen atoms in total. The summed E-state index contributed by atoms with van der Waals surface area (Å²) in [6.07, 6.45) is 4.45. The predicted octanol–water partition coefficient (Wildman–Crippen LogP) is 3.89. The molecule has 0 radical (unpaired) electrons. The molecule has 0 amide bonds. The van der Waals surface area contributed by atoms with Gasteiger partial charge in [0, 0.05) is 6.07 Å². The Morgan fingerprint density at radius 1 is 1.00 bits per heavy atom. The van der Waals surface area contributed by atoms with E-state index >= 15 is 0 Å². The minimum Gasteiger partial charge on any atom is -0.494 e. The zero-order valence-corrected chi connectivity index (χ0v) is 10.7. The van der Waals surface area contributed by atoms with Gasteiger partial charge in [0.2, 0.25) is 0 Å². The van der Waals surface area contributed by atoms with E-state index in [4.69, 9.17) is 33.7 Å². The van der Waals surface area contributed by atoms with Gasteiger partial charge in [-0.05, 0) is 31.5 Å². The fraction of sp³-hybridized carbons (Fsp3) is 0.500. The van der Waals surface area contributed by atoms with Gasteiger partial charge in [-0.3, -0.25) is 0 Å². The van der Waals surface area contributed by atoms with Crippen LogP contribution < -0.4 is 10.5 Å². The van der Waals surface area contributed by atoms with Crippen molar-refractivity contribution >= 4 is 23.2 Å². The Bertz CT molecular complexity index is 318. The summed E-state index contributed by atoms with van der Waals surface area (Å²) in [7, 11) is 0. The van der Waals surface area contributed by atoms with Crippen LogP contribution in [0.1, 0.15) is 25.7 Å². The van der Waals surface area contributed by atoms with E-state index in [1.165, 1.54) is 6.42 Å². The number of hydrogen-bond acceptors (Lipinski definition) is 2. The van der Waals surface area contributed by atoms with Crippen molar-refractivity contribution in [3.8, 4) is 5.75 Å². The van der Waals surface area contributed by atoms with E-state index in [0.29, 0.717) is 16.7 Å². The molecule has 0 bridgehead atoms. The average Bonchev–Trinajstić information content (AvgIpc) is 2.28. The molecular weight excluding hydrogens is 245 g/mol. The first-order chi connectivity index (χ1) is 7.74. The molecule has 2 N–H and O–H groups in total. The lowest BCUT2D eigenvalue weighted by molar-refractivity contribution is 0.305. The van der Waals surface area contributed by atoms with E-state index in [1.54, 1.807) is 12.1 Å². The molecule has 16 heavy (non-hydrogen) atoms. The second-order valence-electron chi connectivity index (χ2n) is 3.63. The standard InChI is InChI=1S/C12H17Cl2NO/c13-11-6-5-10(9-12(11)14)16-8-4-2-1-3-7-15/h5-6,9H,1-4,7-8,15H2. The van der Waals surface area contributed by atoms with Crippen molar-refractivity contribution in [2.75, 3.05) is 13.2 Å². The van der Waals surface area contributed by atoms with Crippen molar-refractivity contribution in [3.63, 3.8) is 0 Å². The maximum Gasteiger partial charge on any atom is 0.120 e. The van der Waals surface area contributed by atoms with Crippen molar-refractivity contribution in [2.24, 2.45) is 5.73 Å². The summed E-state index contributed by atoms with van der Waals surface area (Å²) in [5.41, 5.74) is 5.41. The highest BCUT2D eigenvalue weighted by molar-refractivity contribution is 6.42. The first-order valence-corrected chi connectivity index (χ1v) is 6.27. The maximum absolute atomic E-state index is 5.87. The highest BCUT2D eigenvalue weighted by Gasteiger charge is 1.99. The second-order valence-corrected chi connectivity index (χ2v) is 4.44. The Labute approximate surface area is 107 Å². The normalized spacial score (nSPS) is 10.4. The Morgan fingerprint density at radius 2 is 1.75 bits per heavy atom. The number of hydrogen-bond donors (Lipinski definition) is 1. The molecule has 0 aromatic heterocycles. The molecule has 0 unspecified atom stereocenters. The van der Waals surface area contributed by atoms with Gasteiger partial charge in [0.15, 0.2) is 0 Å². The van der Waals surface area contributed by atoms with Gasteiger partial charge in [-0.15, -0.1) is 0 Å². The predicted molar refractivity (Wildman–Crippen MR) is 69.5 cm³/mol. The summed E-state index contributed by atoms with van der Waals surface area (Å²) in [4.78, 5) is 0. The van der Waals surface area contributed by atoms with Crippen LogP contribution in [0, 0.1) is 0 Å². The zero-order valence-electron chi connectivity index (χ0n) is 9.22. The quantitative estimate of drug-likeness (QED) is 0.756. The van der Waals surface area contributed by atoms with Gasteiger partial charge in [-0.2, -0.15) is 0 Å². The van der Waals surface area contributed by atoms with Gasteiger partial charge in [-0.25, -0.2) is 0 Å². The molecule has 0 aliphatic rings. The minimum atomic E-state index is 0.530. The van der Waals surface area contributed by atoms with Crippen LogP contribution in [0.2, 0.25) is 10.0 Å². The third kappa shape index (κ3) is 5.06. The van der Waals surface area contributed by atoms with Gasteiger partial charge in [-0.1, -0.05) is 36.0 Å². The number of halogens is 2. The monoisotopic (exact) mass is 261 g/mol. The number of ether oxygens (including phenoxy) is 1. The summed E-state index contributed by atoms with van der Waals surface area (Å²) in [5, 5.41) is 1.08. The second kappa shape index (κ2) is 7.77. The van der Waals surface area contributed by atoms with E-state index in [-0.39, 0.29) is 0 Å².